The lowest BCUT2D eigenvalue weighted by molar-refractivity contribution is 0.324. The molecule has 21 heavy (non-hydrogen) atoms. The summed E-state index contributed by atoms with van der Waals surface area (Å²) in [5, 5.41) is 0. The fourth-order valence-electron chi connectivity index (χ4n) is 2.62. The predicted octanol–water partition coefficient (Wildman–Crippen LogP) is 3.55. The van der Waals surface area contributed by atoms with E-state index in [1.54, 1.807) is 0 Å². The van der Waals surface area contributed by atoms with Gasteiger partial charge in [-0.1, -0.05) is 36.4 Å². The molecule has 0 spiro atoms. The van der Waals surface area contributed by atoms with Gasteiger partial charge in [0, 0.05) is 6.54 Å². The zero-order chi connectivity index (χ0) is 14.7. The van der Waals surface area contributed by atoms with Gasteiger partial charge in [-0.2, -0.15) is 0 Å². The normalized spacial score (nSPS) is 11.4. The van der Waals surface area contributed by atoms with Gasteiger partial charge < -0.3 is 4.98 Å². The second-order valence-corrected chi connectivity index (χ2v) is 5.61. The van der Waals surface area contributed by atoms with E-state index in [1.807, 2.05) is 18.2 Å². The van der Waals surface area contributed by atoms with Crippen LogP contribution in [0.5, 0.6) is 0 Å². The summed E-state index contributed by atoms with van der Waals surface area (Å²) in [6.45, 7) is 4.05. The molecule has 108 valence electrons. The van der Waals surface area contributed by atoms with Crippen LogP contribution in [-0.4, -0.2) is 28.5 Å². The van der Waals surface area contributed by atoms with Gasteiger partial charge in [0.15, 0.2) is 0 Å². The molecule has 1 aromatic heterocycles. The van der Waals surface area contributed by atoms with E-state index in [9.17, 15) is 0 Å². The molecule has 3 rings (SSSR count). The molecule has 3 heteroatoms. The largest absolute Gasteiger partial charge is 0.341 e. The number of imidazole rings is 1. The maximum absolute atomic E-state index is 4.63. The maximum atomic E-state index is 4.63. The highest BCUT2D eigenvalue weighted by Crippen LogP contribution is 2.12. The second-order valence-electron chi connectivity index (χ2n) is 5.61. The number of aryl methyl sites for hydroxylation is 1. The number of aromatic amines is 1. The Labute approximate surface area is 125 Å². The first kappa shape index (κ1) is 13.8. The van der Waals surface area contributed by atoms with Crippen molar-refractivity contribution in [1.29, 1.82) is 0 Å². The number of rotatable bonds is 5. The van der Waals surface area contributed by atoms with Crippen molar-refractivity contribution in [3.8, 4) is 0 Å². The standard InChI is InChI=1S/C18H21N3/c1-14-7-3-4-8-15(14)11-12-21(2)13-18-19-16-9-5-6-10-17(16)20-18/h3-10H,11-13H2,1-2H3,(H,19,20). The topological polar surface area (TPSA) is 31.9 Å². The van der Waals surface area contributed by atoms with Crippen molar-refractivity contribution in [3.63, 3.8) is 0 Å². The minimum atomic E-state index is 0.848. The summed E-state index contributed by atoms with van der Waals surface area (Å²) < 4.78 is 0. The number of hydrogen-bond donors (Lipinski definition) is 1. The van der Waals surface area contributed by atoms with Crippen LogP contribution in [0.2, 0.25) is 0 Å². The fraction of sp³-hybridized carbons (Fsp3) is 0.278. The van der Waals surface area contributed by atoms with E-state index in [-0.39, 0.29) is 0 Å². The van der Waals surface area contributed by atoms with Gasteiger partial charge in [0.2, 0.25) is 0 Å². The van der Waals surface area contributed by atoms with Crippen molar-refractivity contribution in [2.75, 3.05) is 13.6 Å². The third-order valence-electron chi connectivity index (χ3n) is 3.88. The molecule has 0 aliphatic heterocycles. The molecule has 0 aliphatic rings. The van der Waals surface area contributed by atoms with Crippen LogP contribution in [0.15, 0.2) is 48.5 Å². The lowest BCUT2D eigenvalue weighted by Crippen LogP contribution is -2.21. The van der Waals surface area contributed by atoms with Crippen LogP contribution in [0.4, 0.5) is 0 Å². The highest BCUT2D eigenvalue weighted by Gasteiger charge is 2.06. The molecular formula is C18H21N3. The summed E-state index contributed by atoms with van der Waals surface area (Å²) in [5.41, 5.74) is 4.95. The molecule has 0 atom stereocenters. The van der Waals surface area contributed by atoms with Crippen molar-refractivity contribution in [3.05, 3.63) is 65.5 Å². The van der Waals surface area contributed by atoms with Crippen molar-refractivity contribution >= 4 is 11.0 Å². The molecule has 3 aromatic rings. The third-order valence-corrected chi connectivity index (χ3v) is 3.88. The Morgan fingerprint density at radius 2 is 1.81 bits per heavy atom. The van der Waals surface area contributed by atoms with Gasteiger partial charge in [-0.05, 0) is 43.7 Å². The number of hydrogen-bond acceptors (Lipinski definition) is 2. The molecule has 0 radical (unpaired) electrons. The molecule has 0 bridgehead atoms. The minimum absolute atomic E-state index is 0.848. The Hall–Kier alpha value is -2.13. The van der Waals surface area contributed by atoms with Gasteiger partial charge in [0.25, 0.3) is 0 Å². The van der Waals surface area contributed by atoms with Crippen LogP contribution in [0.3, 0.4) is 0 Å². The highest BCUT2D eigenvalue weighted by molar-refractivity contribution is 5.74. The molecule has 2 aromatic carbocycles. The van der Waals surface area contributed by atoms with E-state index in [4.69, 9.17) is 0 Å². The van der Waals surface area contributed by atoms with E-state index >= 15 is 0 Å². The fourth-order valence-corrected chi connectivity index (χ4v) is 2.62. The van der Waals surface area contributed by atoms with Crippen LogP contribution >= 0.6 is 0 Å². The van der Waals surface area contributed by atoms with Crippen LogP contribution in [0.25, 0.3) is 11.0 Å². The van der Waals surface area contributed by atoms with Gasteiger partial charge in [-0.15, -0.1) is 0 Å². The molecule has 1 heterocycles. The van der Waals surface area contributed by atoms with Gasteiger partial charge >= 0.3 is 0 Å². The Balaban J connectivity index is 1.61. The first-order valence-electron chi connectivity index (χ1n) is 7.39. The summed E-state index contributed by atoms with van der Waals surface area (Å²) in [4.78, 5) is 10.3. The lowest BCUT2D eigenvalue weighted by atomic mass is 10.1. The first-order valence-corrected chi connectivity index (χ1v) is 7.39. The lowest BCUT2D eigenvalue weighted by Gasteiger charge is -2.15. The van der Waals surface area contributed by atoms with Gasteiger partial charge in [0.1, 0.15) is 5.82 Å². The summed E-state index contributed by atoms with van der Waals surface area (Å²) in [5.74, 6) is 1.03. The molecule has 3 nitrogen and oxygen atoms in total. The molecule has 0 fully saturated rings. The van der Waals surface area contributed by atoms with Gasteiger partial charge in [-0.25, -0.2) is 4.98 Å². The van der Waals surface area contributed by atoms with Crippen LogP contribution < -0.4 is 0 Å². The number of aromatic nitrogens is 2. The predicted molar refractivity (Wildman–Crippen MR) is 87.3 cm³/mol. The molecule has 0 aliphatic carbocycles. The third kappa shape index (κ3) is 3.31. The van der Waals surface area contributed by atoms with Crippen molar-refractivity contribution in [1.82, 2.24) is 14.9 Å². The Morgan fingerprint density at radius 3 is 2.62 bits per heavy atom. The zero-order valence-corrected chi connectivity index (χ0v) is 12.6. The van der Waals surface area contributed by atoms with E-state index in [0.29, 0.717) is 0 Å². The maximum Gasteiger partial charge on any atom is 0.121 e. The summed E-state index contributed by atoms with van der Waals surface area (Å²) >= 11 is 0. The number of para-hydroxylation sites is 2. The van der Waals surface area contributed by atoms with Crippen molar-refractivity contribution in [2.45, 2.75) is 19.9 Å². The number of nitrogens with one attached hydrogen (secondary N) is 1. The first-order chi connectivity index (χ1) is 10.2. The van der Waals surface area contributed by atoms with E-state index in [2.05, 4.69) is 59.2 Å². The van der Waals surface area contributed by atoms with E-state index in [1.165, 1.54) is 11.1 Å². The number of benzene rings is 2. The van der Waals surface area contributed by atoms with Crippen LogP contribution in [-0.2, 0) is 13.0 Å². The summed E-state index contributed by atoms with van der Waals surface area (Å²) in [6, 6.07) is 16.8. The molecule has 0 amide bonds. The summed E-state index contributed by atoms with van der Waals surface area (Å²) in [6.07, 6.45) is 1.07. The smallest absolute Gasteiger partial charge is 0.121 e. The van der Waals surface area contributed by atoms with Gasteiger partial charge in [0.05, 0.1) is 17.6 Å². The van der Waals surface area contributed by atoms with Crippen LogP contribution in [0, 0.1) is 6.92 Å². The van der Waals surface area contributed by atoms with Crippen molar-refractivity contribution < 1.29 is 0 Å². The number of fused-ring (bicyclic) bond motifs is 1. The van der Waals surface area contributed by atoms with E-state index < -0.39 is 0 Å². The number of nitrogens with zero attached hydrogens (tertiary/aromatic N) is 2. The highest BCUT2D eigenvalue weighted by atomic mass is 15.1. The molecule has 0 unspecified atom stereocenters. The van der Waals surface area contributed by atoms with Crippen LogP contribution in [0.1, 0.15) is 17.0 Å². The number of likely N-dealkylation sites (N-methyl/N-ethyl adjacent to an activating group) is 1. The zero-order valence-electron chi connectivity index (χ0n) is 12.6. The Bertz CT molecular complexity index is 697. The number of H-pyrrole nitrogens is 1. The Kier molecular flexibility index (Phi) is 4.02. The molecule has 0 saturated carbocycles. The van der Waals surface area contributed by atoms with Crippen molar-refractivity contribution in [2.24, 2.45) is 0 Å². The monoisotopic (exact) mass is 279 g/mol. The van der Waals surface area contributed by atoms with Gasteiger partial charge in [-0.3, -0.25) is 4.90 Å². The SMILES string of the molecule is Cc1ccccc1CCN(C)Cc1nc2ccccc2[nH]1. The van der Waals surface area contributed by atoms with E-state index in [0.717, 1.165) is 36.4 Å². The molecule has 1 N–H and O–H groups in total. The summed E-state index contributed by atoms with van der Waals surface area (Å²) in [7, 11) is 2.14. The Morgan fingerprint density at radius 1 is 1.05 bits per heavy atom. The second kappa shape index (κ2) is 6.10. The molecular weight excluding hydrogens is 258 g/mol. The average Bonchev–Trinajstić information content (AvgIpc) is 2.88. The quantitative estimate of drug-likeness (QED) is 0.774. The average molecular weight is 279 g/mol. The molecule has 0 saturated heterocycles. The minimum Gasteiger partial charge on any atom is -0.341 e.